The number of rotatable bonds is 8. The zero-order valence-electron chi connectivity index (χ0n) is 28.8. The zero-order chi connectivity index (χ0) is 33.5. The Labute approximate surface area is 295 Å². The van der Waals surface area contributed by atoms with Crippen LogP contribution in [0.15, 0.2) is 156 Å². The first kappa shape index (κ1) is 30.8. The quantitative estimate of drug-likeness (QED) is 0.163. The highest BCUT2D eigenvalue weighted by atomic mass is 16.3. The number of benzene rings is 6. The fraction of sp³-hybridized carbons (Fsp3) is 0.234. The number of para-hydroxylation sites is 3. The molecule has 9 rings (SSSR count). The second-order valence-corrected chi connectivity index (χ2v) is 14.6. The van der Waals surface area contributed by atoms with Gasteiger partial charge in [0, 0.05) is 33.8 Å². The van der Waals surface area contributed by atoms with E-state index in [1.54, 1.807) is 0 Å². The molecule has 2 fully saturated rings. The van der Waals surface area contributed by atoms with Crippen molar-refractivity contribution in [3.05, 3.63) is 157 Å². The molecule has 0 aliphatic heterocycles. The Balaban J connectivity index is 1.16. The third kappa shape index (κ3) is 5.46. The molecule has 0 saturated heterocycles. The molecular formula is C47H44N2O. The molecule has 3 nitrogen and oxygen atoms in total. The van der Waals surface area contributed by atoms with Crippen molar-refractivity contribution in [2.75, 3.05) is 9.80 Å². The molecule has 1 aromatic heterocycles. The lowest BCUT2D eigenvalue weighted by atomic mass is 9.57. The summed E-state index contributed by atoms with van der Waals surface area (Å²) in [6.45, 7) is 2.42. The lowest BCUT2D eigenvalue weighted by molar-refractivity contribution is 0.106. The Morgan fingerprint density at radius 2 is 1.12 bits per heavy atom. The van der Waals surface area contributed by atoms with Gasteiger partial charge in [0.05, 0.1) is 11.1 Å². The molecule has 7 aromatic rings. The van der Waals surface area contributed by atoms with Gasteiger partial charge in [0.2, 0.25) is 0 Å². The van der Waals surface area contributed by atoms with Gasteiger partial charge in [-0.3, -0.25) is 0 Å². The topological polar surface area (TPSA) is 19.6 Å². The molecule has 248 valence electrons. The molecule has 2 unspecified atom stereocenters. The second-order valence-electron chi connectivity index (χ2n) is 14.6. The number of fused-ring (bicyclic) bond motifs is 5. The van der Waals surface area contributed by atoms with Crippen molar-refractivity contribution in [1.82, 2.24) is 0 Å². The fourth-order valence-electron chi connectivity index (χ4n) is 9.40. The van der Waals surface area contributed by atoms with E-state index in [0.29, 0.717) is 5.41 Å². The van der Waals surface area contributed by atoms with Crippen LogP contribution in [-0.2, 0) is 5.41 Å². The third-order valence-electron chi connectivity index (χ3n) is 11.7. The molecule has 1 heterocycles. The van der Waals surface area contributed by atoms with E-state index in [1.165, 1.54) is 56.2 Å². The van der Waals surface area contributed by atoms with Crippen LogP contribution in [0.25, 0.3) is 21.9 Å². The summed E-state index contributed by atoms with van der Waals surface area (Å²) in [7, 11) is 0. The van der Waals surface area contributed by atoms with Gasteiger partial charge < -0.3 is 14.2 Å². The first-order chi connectivity index (χ1) is 24.7. The minimum absolute atomic E-state index is 0.304. The van der Waals surface area contributed by atoms with E-state index in [0.717, 1.165) is 62.2 Å². The number of nitrogens with zero attached hydrogens (tertiary/aromatic N) is 2. The third-order valence-corrected chi connectivity index (χ3v) is 11.7. The molecule has 50 heavy (non-hydrogen) atoms. The van der Waals surface area contributed by atoms with Crippen molar-refractivity contribution < 1.29 is 4.42 Å². The summed E-state index contributed by atoms with van der Waals surface area (Å²) in [5, 5.41) is 2.23. The average Bonchev–Trinajstić information content (AvgIpc) is 3.56. The van der Waals surface area contributed by atoms with Crippen molar-refractivity contribution in [1.29, 1.82) is 0 Å². The van der Waals surface area contributed by atoms with Crippen LogP contribution >= 0.6 is 0 Å². The minimum atomic E-state index is 0.304. The largest absolute Gasteiger partial charge is 0.456 e. The van der Waals surface area contributed by atoms with E-state index in [2.05, 4.69) is 162 Å². The van der Waals surface area contributed by atoms with Crippen LogP contribution in [0.3, 0.4) is 0 Å². The van der Waals surface area contributed by atoms with Crippen molar-refractivity contribution in [3.63, 3.8) is 0 Å². The Hall–Kier alpha value is -5.28. The Kier molecular flexibility index (Phi) is 7.92. The molecule has 2 bridgehead atoms. The molecule has 0 radical (unpaired) electrons. The number of hydrogen-bond acceptors (Lipinski definition) is 3. The molecule has 0 N–H and O–H groups in total. The minimum Gasteiger partial charge on any atom is -0.456 e. The maximum Gasteiger partial charge on any atom is 0.137 e. The Morgan fingerprint density at radius 1 is 0.560 bits per heavy atom. The van der Waals surface area contributed by atoms with Gasteiger partial charge in [-0.05, 0) is 121 Å². The first-order valence-corrected chi connectivity index (χ1v) is 18.5. The number of anilines is 6. The maximum atomic E-state index is 6.35. The lowest BCUT2D eigenvalue weighted by Gasteiger charge is -2.47. The predicted molar refractivity (Wildman–Crippen MR) is 210 cm³/mol. The molecule has 2 atom stereocenters. The highest BCUT2D eigenvalue weighted by Gasteiger charge is 2.42. The van der Waals surface area contributed by atoms with Gasteiger partial charge in [-0.15, -0.1) is 0 Å². The summed E-state index contributed by atoms with van der Waals surface area (Å²) < 4.78 is 6.35. The van der Waals surface area contributed by atoms with Crippen LogP contribution in [0.1, 0.15) is 57.4 Å². The van der Waals surface area contributed by atoms with Crippen LogP contribution in [-0.4, -0.2) is 0 Å². The highest BCUT2D eigenvalue weighted by molar-refractivity contribution is 6.13. The lowest BCUT2D eigenvalue weighted by Crippen LogP contribution is -2.38. The molecule has 6 aromatic carbocycles. The van der Waals surface area contributed by atoms with Crippen LogP contribution in [0.4, 0.5) is 34.1 Å². The monoisotopic (exact) mass is 652 g/mol. The van der Waals surface area contributed by atoms with E-state index >= 15 is 0 Å². The van der Waals surface area contributed by atoms with Crippen LogP contribution in [0.2, 0.25) is 0 Å². The zero-order valence-corrected chi connectivity index (χ0v) is 28.8. The second kappa shape index (κ2) is 12.9. The summed E-state index contributed by atoms with van der Waals surface area (Å²) in [5.41, 5.74) is 10.3. The standard InChI is InChI=1S/C47H44N2O/c1-2-47(32-34-14-11-15-35(30-34)33-47)36-26-28-39(29-27-36)48(37-16-5-3-6-17-37)40-20-12-21-41(31-40)49(38-18-7-4-8-19-38)43-23-13-25-45-46(43)42-22-9-10-24-44(42)50-45/h3-10,12-13,16-29,31,34-35H,2,11,14-15,30,32-33H2,1H3. The van der Waals surface area contributed by atoms with E-state index < -0.39 is 0 Å². The molecular weight excluding hydrogens is 609 g/mol. The smallest absolute Gasteiger partial charge is 0.137 e. The van der Waals surface area contributed by atoms with Gasteiger partial charge in [0.25, 0.3) is 0 Å². The van der Waals surface area contributed by atoms with Crippen molar-refractivity contribution in [3.8, 4) is 0 Å². The van der Waals surface area contributed by atoms with Crippen LogP contribution < -0.4 is 9.80 Å². The highest BCUT2D eigenvalue weighted by Crippen LogP contribution is 2.52. The summed E-state index contributed by atoms with van der Waals surface area (Å²) in [6, 6.07) is 54.8. The van der Waals surface area contributed by atoms with E-state index in [4.69, 9.17) is 4.42 Å². The SMILES string of the molecule is CCC1(c2ccc(N(c3ccccc3)c3cccc(N(c4ccccc4)c4cccc5oc6ccccc6c45)c3)cc2)CC2CCCC(C2)C1. The van der Waals surface area contributed by atoms with Crippen molar-refractivity contribution in [2.24, 2.45) is 11.8 Å². The maximum absolute atomic E-state index is 6.35. The molecule has 0 amide bonds. The van der Waals surface area contributed by atoms with Gasteiger partial charge in [-0.1, -0.05) is 105 Å². The Morgan fingerprint density at radius 3 is 1.82 bits per heavy atom. The van der Waals surface area contributed by atoms with Gasteiger partial charge in [0.15, 0.2) is 0 Å². The summed E-state index contributed by atoms with van der Waals surface area (Å²) >= 11 is 0. The number of hydrogen-bond donors (Lipinski definition) is 0. The van der Waals surface area contributed by atoms with Gasteiger partial charge >= 0.3 is 0 Å². The average molecular weight is 653 g/mol. The van der Waals surface area contributed by atoms with E-state index in [1.807, 2.05) is 6.07 Å². The van der Waals surface area contributed by atoms with Crippen molar-refractivity contribution in [2.45, 2.75) is 57.3 Å². The molecule has 2 saturated carbocycles. The number of furan rings is 1. The molecule has 3 heteroatoms. The Bertz CT molecular complexity index is 2230. The van der Waals surface area contributed by atoms with Crippen LogP contribution in [0, 0.1) is 11.8 Å². The molecule has 0 spiro atoms. The molecule has 2 aliphatic carbocycles. The summed E-state index contributed by atoms with van der Waals surface area (Å²) in [6.07, 6.45) is 9.62. The first-order valence-electron chi connectivity index (χ1n) is 18.5. The van der Waals surface area contributed by atoms with Crippen molar-refractivity contribution >= 4 is 56.1 Å². The normalized spacial score (nSPS) is 20.2. The van der Waals surface area contributed by atoms with Gasteiger partial charge in [-0.2, -0.15) is 0 Å². The molecule has 2 aliphatic rings. The van der Waals surface area contributed by atoms with Gasteiger partial charge in [-0.25, -0.2) is 0 Å². The van der Waals surface area contributed by atoms with E-state index in [9.17, 15) is 0 Å². The van der Waals surface area contributed by atoms with Gasteiger partial charge in [0.1, 0.15) is 11.2 Å². The fourth-order valence-corrected chi connectivity index (χ4v) is 9.40. The van der Waals surface area contributed by atoms with Crippen LogP contribution in [0.5, 0.6) is 0 Å². The summed E-state index contributed by atoms with van der Waals surface area (Å²) in [4.78, 5) is 4.77. The summed E-state index contributed by atoms with van der Waals surface area (Å²) in [5.74, 6) is 1.79. The van der Waals surface area contributed by atoms with E-state index in [-0.39, 0.29) is 0 Å². The predicted octanol–water partition coefficient (Wildman–Crippen LogP) is 13.8.